The summed E-state index contributed by atoms with van der Waals surface area (Å²) in [6.07, 6.45) is 11.8. The summed E-state index contributed by atoms with van der Waals surface area (Å²) in [6, 6.07) is 6.47. The average molecular weight is 511 g/mol. The first kappa shape index (κ1) is 28.1. The van der Waals surface area contributed by atoms with Gasteiger partial charge in [0.2, 0.25) is 5.91 Å². The topological polar surface area (TPSA) is 47.1 Å². The minimum Gasteiger partial charge on any atom is -0.334 e. The fourth-order valence-electron chi connectivity index (χ4n) is 6.57. The molecule has 1 aromatic rings. The van der Waals surface area contributed by atoms with Crippen LogP contribution in [0.3, 0.4) is 0 Å². The lowest BCUT2D eigenvalue weighted by molar-refractivity contribution is -0.116. The molecule has 0 aromatic heterocycles. The second-order valence-corrected chi connectivity index (χ2v) is 12.1. The lowest BCUT2D eigenvalue weighted by Crippen LogP contribution is -2.49. The van der Waals surface area contributed by atoms with Crippen LogP contribution >= 0.6 is 0 Å². The summed E-state index contributed by atoms with van der Waals surface area (Å²) in [6.45, 7) is 14.1. The van der Waals surface area contributed by atoms with Gasteiger partial charge < -0.3 is 14.7 Å². The zero-order valence-corrected chi connectivity index (χ0v) is 23.7. The van der Waals surface area contributed by atoms with E-state index in [0.29, 0.717) is 12.0 Å². The number of hydrogen-bond acceptors (Lipinski definition) is 4. The Morgan fingerprint density at radius 1 is 0.838 bits per heavy atom. The summed E-state index contributed by atoms with van der Waals surface area (Å²) < 4.78 is 0. The fraction of sp³-hybridized carbons (Fsp3) is 0.742. The molecule has 0 aliphatic carbocycles. The molecule has 4 rings (SSSR count). The van der Waals surface area contributed by atoms with Crippen molar-refractivity contribution in [3.05, 3.63) is 29.3 Å². The van der Waals surface area contributed by atoms with Crippen molar-refractivity contribution in [1.29, 1.82) is 0 Å². The molecule has 2 amide bonds. The highest BCUT2D eigenvalue weighted by Gasteiger charge is 2.30. The first-order valence-electron chi connectivity index (χ1n) is 15.1. The minimum atomic E-state index is 0.0921. The Balaban J connectivity index is 1.62. The van der Waals surface area contributed by atoms with Crippen LogP contribution < -0.4 is 4.90 Å². The molecule has 0 saturated carbocycles. The maximum absolute atomic E-state index is 13.9. The van der Waals surface area contributed by atoms with Crippen LogP contribution in [0.5, 0.6) is 0 Å². The van der Waals surface area contributed by atoms with Gasteiger partial charge >= 0.3 is 0 Å². The molecule has 3 aliphatic heterocycles. The van der Waals surface area contributed by atoms with Crippen molar-refractivity contribution in [2.75, 3.05) is 50.7 Å². The molecule has 1 atom stereocenters. The molecule has 2 saturated heterocycles. The minimum absolute atomic E-state index is 0.0921. The molecule has 37 heavy (non-hydrogen) atoms. The van der Waals surface area contributed by atoms with E-state index < -0.39 is 0 Å². The van der Waals surface area contributed by atoms with Crippen molar-refractivity contribution in [1.82, 2.24) is 14.7 Å². The standard InChI is InChI=1S/C31H50N4O2/c1-25(2)22-33-18-8-5-4-6-9-19-34(26(3)36)30-15-14-27(21-28(30)23-33)31(37)35-20-10-7-13-29(35)24-32-16-11-12-17-32/h14-15,21,25,29H,4-13,16-20,22-24H2,1-3H3. The van der Waals surface area contributed by atoms with E-state index in [1.54, 1.807) is 6.92 Å². The second-order valence-electron chi connectivity index (χ2n) is 12.1. The Morgan fingerprint density at radius 3 is 2.22 bits per heavy atom. The van der Waals surface area contributed by atoms with Crippen LogP contribution in [0.4, 0.5) is 5.69 Å². The SMILES string of the molecule is CC(=O)N1CCCCCCCN(CC(C)C)Cc2cc(C(=O)N3CCCCC3CN3CCCC3)ccc21. The third kappa shape index (κ3) is 7.79. The van der Waals surface area contributed by atoms with Gasteiger partial charge in [-0.2, -0.15) is 0 Å². The number of rotatable bonds is 5. The van der Waals surface area contributed by atoms with E-state index in [-0.39, 0.29) is 11.8 Å². The number of likely N-dealkylation sites (tertiary alicyclic amines) is 2. The second kappa shape index (κ2) is 13.7. The van der Waals surface area contributed by atoms with Crippen LogP contribution in [-0.4, -0.2) is 78.4 Å². The number of piperidine rings is 1. The first-order chi connectivity index (χ1) is 17.9. The van der Waals surface area contributed by atoms with Gasteiger partial charge in [-0.05, 0) is 94.3 Å². The molecule has 2 fully saturated rings. The van der Waals surface area contributed by atoms with E-state index in [1.807, 2.05) is 11.0 Å². The van der Waals surface area contributed by atoms with Gasteiger partial charge in [-0.25, -0.2) is 0 Å². The molecule has 3 aliphatic rings. The van der Waals surface area contributed by atoms with E-state index >= 15 is 0 Å². The van der Waals surface area contributed by atoms with Crippen molar-refractivity contribution in [2.24, 2.45) is 5.92 Å². The summed E-state index contributed by atoms with van der Waals surface area (Å²) in [5.74, 6) is 0.835. The van der Waals surface area contributed by atoms with Gasteiger partial charge in [-0.3, -0.25) is 14.5 Å². The molecule has 3 heterocycles. The van der Waals surface area contributed by atoms with Gasteiger partial charge in [-0.15, -0.1) is 0 Å². The zero-order chi connectivity index (χ0) is 26.2. The summed E-state index contributed by atoms with van der Waals surface area (Å²) >= 11 is 0. The van der Waals surface area contributed by atoms with Crippen molar-refractivity contribution in [3.63, 3.8) is 0 Å². The Bertz CT molecular complexity index is 895. The average Bonchev–Trinajstić information content (AvgIpc) is 3.37. The summed E-state index contributed by atoms with van der Waals surface area (Å²) in [5, 5.41) is 0. The zero-order valence-electron chi connectivity index (χ0n) is 23.7. The number of carbonyl (C=O) groups is 2. The maximum Gasteiger partial charge on any atom is 0.254 e. The normalized spacial score (nSPS) is 23.0. The Morgan fingerprint density at radius 2 is 1.49 bits per heavy atom. The number of fused-ring (bicyclic) bond motifs is 1. The molecular formula is C31H50N4O2. The Kier molecular flexibility index (Phi) is 10.4. The van der Waals surface area contributed by atoms with Crippen LogP contribution in [0.1, 0.15) is 101 Å². The number of hydrogen-bond donors (Lipinski definition) is 0. The molecule has 0 bridgehead atoms. The van der Waals surface area contributed by atoms with E-state index in [0.717, 1.165) is 81.8 Å². The fourth-order valence-corrected chi connectivity index (χ4v) is 6.57. The Labute approximate surface area is 225 Å². The number of benzene rings is 1. The molecule has 0 spiro atoms. The number of carbonyl (C=O) groups excluding carboxylic acids is 2. The van der Waals surface area contributed by atoms with Gasteiger partial charge in [0.1, 0.15) is 0 Å². The molecule has 0 N–H and O–H groups in total. The first-order valence-corrected chi connectivity index (χ1v) is 15.1. The molecule has 1 unspecified atom stereocenters. The van der Waals surface area contributed by atoms with E-state index in [9.17, 15) is 9.59 Å². The van der Waals surface area contributed by atoms with Crippen molar-refractivity contribution in [3.8, 4) is 0 Å². The highest BCUT2D eigenvalue weighted by atomic mass is 16.2. The number of nitrogens with zero attached hydrogens (tertiary/aromatic N) is 4. The molecule has 1 aromatic carbocycles. The molecule has 0 radical (unpaired) electrons. The monoisotopic (exact) mass is 510 g/mol. The van der Waals surface area contributed by atoms with Crippen LogP contribution in [0.2, 0.25) is 0 Å². The van der Waals surface area contributed by atoms with E-state index in [4.69, 9.17) is 0 Å². The van der Waals surface area contributed by atoms with Crippen LogP contribution in [0, 0.1) is 5.92 Å². The predicted octanol–water partition coefficient (Wildman–Crippen LogP) is 5.55. The largest absolute Gasteiger partial charge is 0.334 e. The third-order valence-electron chi connectivity index (χ3n) is 8.43. The van der Waals surface area contributed by atoms with E-state index in [1.165, 1.54) is 51.6 Å². The molecule has 206 valence electrons. The molecular weight excluding hydrogens is 460 g/mol. The quantitative estimate of drug-likeness (QED) is 0.521. The van der Waals surface area contributed by atoms with Gasteiger partial charge in [0.25, 0.3) is 5.91 Å². The van der Waals surface area contributed by atoms with Gasteiger partial charge in [-0.1, -0.05) is 33.1 Å². The van der Waals surface area contributed by atoms with Crippen LogP contribution in [0.15, 0.2) is 18.2 Å². The van der Waals surface area contributed by atoms with Crippen LogP contribution in [0.25, 0.3) is 0 Å². The maximum atomic E-state index is 13.9. The Hall–Kier alpha value is -1.92. The number of anilines is 1. The van der Waals surface area contributed by atoms with Crippen molar-refractivity contribution < 1.29 is 9.59 Å². The van der Waals surface area contributed by atoms with Gasteiger partial charge in [0, 0.05) is 56.9 Å². The van der Waals surface area contributed by atoms with E-state index in [2.05, 4.69) is 40.7 Å². The summed E-state index contributed by atoms with van der Waals surface area (Å²) in [5.41, 5.74) is 2.90. The number of amides is 2. The molecule has 6 heteroatoms. The lowest BCUT2D eigenvalue weighted by Gasteiger charge is -2.38. The van der Waals surface area contributed by atoms with Gasteiger partial charge in [0.05, 0.1) is 0 Å². The van der Waals surface area contributed by atoms with Crippen molar-refractivity contribution >= 4 is 17.5 Å². The smallest absolute Gasteiger partial charge is 0.254 e. The highest BCUT2D eigenvalue weighted by Crippen LogP contribution is 2.28. The van der Waals surface area contributed by atoms with Crippen molar-refractivity contribution in [2.45, 2.75) is 97.6 Å². The van der Waals surface area contributed by atoms with Crippen LogP contribution in [-0.2, 0) is 11.3 Å². The lowest BCUT2D eigenvalue weighted by atomic mass is 9.98. The molecule has 6 nitrogen and oxygen atoms in total. The summed E-state index contributed by atoms with van der Waals surface area (Å²) in [4.78, 5) is 35.9. The highest BCUT2D eigenvalue weighted by molar-refractivity contribution is 5.97. The summed E-state index contributed by atoms with van der Waals surface area (Å²) in [7, 11) is 0. The predicted molar refractivity (Wildman–Crippen MR) is 152 cm³/mol. The third-order valence-corrected chi connectivity index (χ3v) is 8.43. The van der Waals surface area contributed by atoms with Gasteiger partial charge in [0.15, 0.2) is 0 Å².